The van der Waals surface area contributed by atoms with Gasteiger partial charge in [0.15, 0.2) is 0 Å². The predicted molar refractivity (Wildman–Crippen MR) is 80.0 cm³/mol. The molecule has 104 valence electrons. The number of pyridine rings is 1. The van der Waals surface area contributed by atoms with E-state index in [1.165, 1.54) is 25.9 Å². The number of thiophene rings is 1. The second-order valence-electron chi connectivity index (χ2n) is 5.74. The maximum absolute atomic E-state index is 12.4. The summed E-state index contributed by atoms with van der Waals surface area (Å²) in [7, 11) is 0. The Hall–Kier alpha value is -1.46. The third kappa shape index (κ3) is 2.11. The fourth-order valence-electron chi connectivity index (χ4n) is 3.36. The fraction of sp³-hybridized carbons (Fsp3) is 0.467. The van der Waals surface area contributed by atoms with Crippen molar-refractivity contribution in [3.05, 3.63) is 29.4 Å². The first kappa shape index (κ1) is 12.3. The van der Waals surface area contributed by atoms with E-state index in [-0.39, 0.29) is 5.91 Å². The summed E-state index contributed by atoms with van der Waals surface area (Å²) in [5.74, 6) is 0.741. The SMILES string of the molecule is O=C(N[C@H]1CN2CCC1CC2)c1cc2cnccc2s1. The molecule has 0 aliphatic carbocycles. The number of hydrogen-bond acceptors (Lipinski definition) is 4. The van der Waals surface area contributed by atoms with E-state index in [1.54, 1.807) is 17.5 Å². The summed E-state index contributed by atoms with van der Waals surface area (Å²) in [6.45, 7) is 3.42. The van der Waals surface area contributed by atoms with Crippen LogP contribution in [-0.4, -0.2) is 41.5 Å². The summed E-state index contributed by atoms with van der Waals surface area (Å²) in [6.07, 6.45) is 6.04. The zero-order chi connectivity index (χ0) is 13.5. The molecule has 3 fully saturated rings. The smallest absolute Gasteiger partial charge is 0.261 e. The highest BCUT2D eigenvalue weighted by molar-refractivity contribution is 7.20. The monoisotopic (exact) mass is 287 g/mol. The van der Waals surface area contributed by atoms with Crippen molar-refractivity contribution < 1.29 is 4.79 Å². The molecule has 20 heavy (non-hydrogen) atoms. The van der Waals surface area contributed by atoms with E-state index in [2.05, 4.69) is 15.2 Å². The molecule has 3 saturated heterocycles. The molecule has 1 N–H and O–H groups in total. The van der Waals surface area contributed by atoms with Crippen molar-refractivity contribution in [2.45, 2.75) is 18.9 Å². The number of aromatic nitrogens is 1. The molecule has 3 aliphatic rings. The highest BCUT2D eigenvalue weighted by atomic mass is 32.1. The molecule has 0 radical (unpaired) electrons. The molecular weight excluding hydrogens is 270 g/mol. The summed E-state index contributed by atoms with van der Waals surface area (Å²) in [6, 6.07) is 4.24. The molecule has 5 heterocycles. The number of fused-ring (bicyclic) bond motifs is 4. The Bertz CT molecular complexity index is 612. The molecule has 5 heteroatoms. The number of nitrogens with zero attached hydrogens (tertiary/aromatic N) is 2. The number of nitrogens with one attached hydrogen (secondary N) is 1. The molecule has 0 saturated carbocycles. The van der Waals surface area contributed by atoms with Gasteiger partial charge in [-0.25, -0.2) is 0 Å². The first-order chi connectivity index (χ1) is 9.79. The third-order valence-corrected chi connectivity index (χ3v) is 5.63. The van der Waals surface area contributed by atoms with E-state index in [1.807, 2.05) is 18.3 Å². The van der Waals surface area contributed by atoms with Gasteiger partial charge in [-0.2, -0.15) is 0 Å². The molecular formula is C15H17N3OS. The highest BCUT2D eigenvalue weighted by Crippen LogP contribution is 2.29. The van der Waals surface area contributed by atoms with Crippen LogP contribution in [0.4, 0.5) is 0 Å². The van der Waals surface area contributed by atoms with Crippen LogP contribution in [-0.2, 0) is 0 Å². The molecule has 0 unspecified atom stereocenters. The molecule has 1 amide bonds. The van der Waals surface area contributed by atoms with Crippen LogP contribution in [0, 0.1) is 5.92 Å². The molecule has 0 aromatic carbocycles. The molecule has 4 nitrogen and oxygen atoms in total. The quantitative estimate of drug-likeness (QED) is 0.920. The Kier molecular flexibility index (Phi) is 2.97. The van der Waals surface area contributed by atoms with E-state index < -0.39 is 0 Å². The minimum Gasteiger partial charge on any atom is -0.347 e. The van der Waals surface area contributed by atoms with Crippen LogP contribution < -0.4 is 5.32 Å². The van der Waals surface area contributed by atoms with Crippen LogP contribution in [0.2, 0.25) is 0 Å². The predicted octanol–water partition coefficient (Wildman–Crippen LogP) is 2.12. The first-order valence-electron chi connectivity index (χ1n) is 7.16. The summed E-state index contributed by atoms with van der Waals surface area (Å²) in [4.78, 5) is 19.8. The van der Waals surface area contributed by atoms with Crippen molar-refractivity contribution in [1.29, 1.82) is 0 Å². The molecule has 3 aliphatic heterocycles. The van der Waals surface area contributed by atoms with Crippen molar-refractivity contribution in [1.82, 2.24) is 15.2 Å². The van der Waals surface area contributed by atoms with Gasteiger partial charge in [0.1, 0.15) is 0 Å². The van der Waals surface area contributed by atoms with Crippen molar-refractivity contribution in [3.8, 4) is 0 Å². The minimum atomic E-state index is 0.0740. The lowest BCUT2D eigenvalue weighted by Crippen LogP contribution is -2.57. The van der Waals surface area contributed by atoms with Crippen LogP contribution in [0.25, 0.3) is 10.1 Å². The largest absolute Gasteiger partial charge is 0.347 e. The van der Waals surface area contributed by atoms with Crippen LogP contribution in [0.5, 0.6) is 0 Å². The summed E-state index contributed by atoms with van der Waals surface area (Å²) in [5, 5.41) is 4.29. The Morgan fingerprint density at radius 1 is 1.40 bits per heavy atom. The molecule has 2 bridgehead atoms. The molecule has 5 rings (SSSR count). The average Bonchev–Trinajstić information content (AvgIpc) is 2.92. The van der Waals surface area contributed by atoms with Gasteiger partial charge in [-0.05, 0) is 44.0 Å². The summed E-state index contributed by atoms with van der Waals surface area (Å²) < 4.78 is 1.12. The van der Waals surface area contributed by atoms with Gasteiger partial charge in [0.05, 0.1) is 4.88 Å². The number of carbonyl (C=O) groups excluding carboxylic acids is 1. The lowest BCUT2D eigenvalue weighted by molar-refractivity contribution is 0.0622. The van der Waals surface area contributed by atoms with Crippen LogP contribution in [0.3, 0.4) is 0 Å². The van der Waals surface area contributed by atoms with Crippen molar-refractivity contribution in [2.24, 2.45) is 5.92 Å². The standard InChI is InChI=1S/C15H17N3OS/c19-15(14-7-11-8-16-4-1-13(11)20-14)17-12-9-18-5-2-10(12)3-6-18/h1,4,7-8,10,12H,2-3,5-6,9H2,(H,17,19)/t12-/m0/s1. The number of rotatable bonds is 2. The van der Waals surface area contributed by atoms with Gasteiger partial charge in [-0.1, -0.05) is 0 Å². The van der Waals surface area contributed by atoms with Crippen LogP contribution in [0.1, 0.15) is 22.5 Å². The lowest BCUT2D eigenvalue weighted by Gasteiger charge is -2.44. The summed E-state index contributed by atoms with van der Waals surface area (Å²) in [5.41, 5.74) is 0. The van der Waals surface area contributed by atoms with Gasteiger partial charge >= 0.3 is 0 Å². The van der Waals surface area contributed by atoms with Gasteiger partial charge in [-0.3, -0.25) is 9.78 Å². The lowest BCUT2D eigenvalue weighted by atomic mass is 9.84. The highest BCUT2D eigenvalue weighted by Gasteiger charge is 2.35. The van der Waals surface area contributed by atoms with Gasteiger partial charge in [-0.15, -0.1) is 11.3 Å². The fourth-order valence-corrected chi connectivity index (χ4v) is 4.30. The van der Waals surface area contributed by atoms with Gasteiger partial charge < -0.3 is 10.2 Å². The zero-order valence-electron chi connectivity index (χ0n) is 11.2. The Labute approximate surface area is 121 Å². The number of amides is 1. The van der Waals surface area contributed by atoms with E-state index in [0.29, 0.717) is 12.0 Å². The van der Waals surface area contributed by atoms with Gasteiger partial charge in [0.25, 0.3) is 5.91 Å². The Balaban J connectivity index is 1.52. The second-order valence-corrected chi connectivity index (χ2v) is 6.83. The minimum absolute atomic E-state index is 0.0740. The van der Waals surface area contributed by atoms with E-state index in [0.717, 1.165) is 21.5 Å². The first-order valence-corrected chi connectivity index (χ1v) is 7.98. The third-order valence-electron chi connectivity index (χ3n) is 4.51. The van der Waals surface area contributed by atoms with Crippen LogP contribution in [0.15, 0.2) is 24.5 Å². The van der Waals surface area contributed by atoms with Crippen molar-refractivity contribution >= 4 is 27.3 Å². The van der Waals surface area contributed by atoms with Gasteiger partial charge in [0, 0.05) is 35.1 Å². The zero-order valence-corrected chi connectivity index (χ0v) is 12.0. The average molecular weight is 287 g/mol. The molecule has 0 spiro atoms. The Morgan fingerprint density at radius 3 is 2.95 bits per heavy atom. The second kappa shape index (κ2) is 4.82. The topological polar surface area (TPSA) is 45.2 Å². The van der Waals surface area contributed by atoms with E-state index in [4.69, 9.17) is 0 Å². The molecule has 2 aromatic heterocycles. The summed E-state index contributed by atoms with van der Waals surface area (Å²) >= 11 is 1.55. The number of carbonyl (C=O) groups is 1. The number of hydrogen-bond donors (Lipinski definition) is 1. The van der Waals surface area contributed by atoms with Crippen molar-refractivity contribution in [3.63, 3.8) is 0 Å². The normalized spacial score (nSPS) is 28.7. The van der Waals surface area contributed by atoms with E-state index in [9.17, 15) is 4.79 Å². The maximum atomic E-state index is 12.4. The van der Waals surface area contributed by atoms with Gasteiger partial charge in [0.2, 0.25) is 0 Å². The number of piperidine rings is 3. The Morgan fingerprint density at radius 2 is 2.25 bits per heavy atom. The van der Waals surface area contributed by atoms with Crippen LogP contribution >= 0.6 is 11.3 Å². The maximum Gasteiger partial charge on any atom is 0.261 e. The van der Waals surface area contributed by atoms with Crippen molar-refractivity contribution in [2.75, 3.05) is 19.6 Å². The molecule has 1 atom stereocenters. The van der Waals surface area contributed by atoms with E-state index >= 15 is 0 Å². The molecule has 2 aromatic rings.